The second-order valence-electron chi connectivity index (χ2n) is 9.60. The Labute approximate surface area is 131 Å². The van der Waals surface area contributed by atoms with E-state index in [1.54, 1.807) is 0 Å². The van der Waals surface area contributed by atoms with Crippen molar-refractivity contribution in [3.63, 3.8) is 0 Å². The maximum absolute atomic E-state index is 3.45. The first-order chi connectivity index (χ1) is 9.70. The summed E-state index contributed by atoms with van der Waals surface area (Å²) in [6.07, 6.45) is 4.17. The molecule has 0 aromatic carbocycles. The van der Waals surface area contributed by atoms with Gasteiger partial charge in [-0.3, -0.25) is 9.80 Å². The predicted molar refractivity (Wildman–Crippen MR) is 89.6 cm³/mol. The molecule has 1 atom stereocenters. The minimum Gasteiger partial charge on any atom is -0.315 e. The van der Waals surface area contributed by atoms with E-state index in [-0.39, 0.29) is 0 Å². The van der Waals surface area contributed by atoms with Crippen molar-refractivity contribution in [1.29, 1.82) is 0 Å². The van der Waals surface area contributed by atoms with Crippen molar-refractivity contribution >= 4 is 0 Å². The molecule has 0 aromatic rings. The summed E-state index contributed by atoms with van der Waals surface area (Å²) in [5, 5.41) is 3.45. The Kier molecular flexibility index (Phi) is 3.91. The fourth-order valence-corrected chi connectivity index (χ4v) is 4.57. The zero-order valence-electron chi connectivity index (χ0n) is 14.8. The average molecular weight is 293 g/mol. The molecule has 0 radical (unpaired) electrons. The SMILES string of the molecule is CC(C)(C)N1CCCC(CC(C)(C)N2CC3(CNC3)C2)C1. The predicted octanol–water partition coefficient (Wildman–Crippen LogP) is 2.57. The third-order valence-electron chi connectivity index (χ3n) is 6.16. The number of nitrogens with one attached hydrogen (secondary N) is 1. The van der Waals surface area contributed by atoms with Gasteiger partial charge in [0, 0.05) is 49.2 Å². The van der Waals surface area contributed by atoms with E-state index >= 15 is 0 Å². The number of rotatable bonds is 3. The smallest absolute Gasteiger partial charge is 0.0207 e. The molecule has 3 heteroatoms. The highest BCUT2D eigenvalue weighted by atomic mass is 15.3. The zero-order chi connectivity index (χ0) is 15.3. The number of hydrogen-bond acceptors (Lipinski definition) is 3. The van der Waals surface area contributed by atoms with Crippen LogP contribution in [-0.2, 0) is 0 Å². The van der Waals surface area contributed by atoms with Crippen LogP contribution in [0.5, 0.6) is 0 Å². The largest absolute Gasteiger partial charge is 0.315 e. The van der Waals surface area contributed by atoms with Gasteiger partial charge >= 0.3 is 0 Å². The van der Waals surface area contributed by atoms with Crippen molar-refractivity contribution in [2.45, 2.75) is 65.0 Å². The van der Waals surface area contributed by atoms with Gasteiger partial charge in [-0.2, -0.15) is 0 Å². The van der Waals surface area contributed by atoms with E-state index in [1.165, 1.54) is 58.5 Å². The number of likely N-dealkylation sites (tertiary alicyclic amines) is 2. The first-order valence-electron chi connectivity index (χ1n) is 8.91. The van der Waals surface area contributed by atoms with Crippen molar-refractivity contribution < 1.29 is 0 Å². The Bertz CT molecular complexity index is 370. The summed E-state index contributed by atoms with van der Waals surface area (Å²) in [6.45, 7) is 19.8. The van der Waals surface area contributed by atoms with Gasteiger partial charge in [0.25, 0.3) is 0 Å². The molecule has 0 aliphatic carbocycles. The van der Waals surface area contributed by atoms with Crippen molar-refractivity contribution in [3.8, 4) is 0 Å². The van der Waals surface area contributed by atoms with Gasteiger partial charge in [-0.1, -0.05) is 0 Å². The molecule has 0 bridgehead atoms. The van der Waals surface area contributed by atoms with Crippen LogP contribution >= 0.6 is 0 Å². The molecule has 122 valence electrons. The van der Waals surface area contributed by atoms with Crippen molar-refractivity contribution in [2.24, 2.45) is 11.3 Å². The maximum Gasteiger partial charge on any atom is 0.0207 e. The minimum absolute atomic E-state index is 0.335. The van der Waals surface area contributed by atoms with Crippen LogP contribution in [0.2, 0.25) is 0 Å². The monoisotopic (exact) mass is 293 g/mol. The van der Waals surface area contributed by atoms with Crippen LogP contribution in [0.3, 0.4) is 0 Å². The molecular formula is C18H35N3. The van der Waals surface area contributed by atoms with Gasteiger partial charge in [0.15, 0.2) is 0 Å². The zero-order valence-corrected chi connectivity index (χ0v) is 14.8. The van der Waals surface area contributed by atoms with E-state index in [4.69, 9.17) is 0 Å². The second-order valence-corrected chi connectivity index (χ2v) is 9.60. The van der Waals surface area contributed by atoms with Gasteiger partial charge in [-0.25, -0.2) is 0 Å². The lowest BCUT2D eigenvalue weighted by atomic mass is 9.70. The Morgan fingerprint density at radius 2 is 1.71 bits per heavy atom. The molecule has 3 heterocycles. The Hall–Kier alpha value is -0.120. The number of hydrogen-bond donors (Lipinski definition) is 1. The maximum atomic E-state index is 3.45. The van der Waals surface area contributed by atoms with E-state index in [1.807, 2.05) is 0 Å². The Morgan fingerprint density at radius 3 is 2.24 bits per heavy atom. The minimum atomic E-state index is 0.335. The van der Waals surface area contributed by atoms with E-state index < -0.39 is 0 Å². The number of nitrogens with zero attached hydrogens (tertiary/aromatic N) is 2. The third-order valence-corrected chi connectivity index (χ3v) is 6.16. The van der Waals surface area contributed by atoms with Crippen LogP contribution in [0, 0.1) is 11.3 Å². The molecule has 1 spiro atoms. The van der Waals surface area contributed by atoms with E-state index in [9.17, 15) is 0 Å². The highest BCUT2D eigenvalue weighted by Crippen LogP contribution is 2.41. The van der Waals surface area contributed by atoms with E-state index in [2.05, 4.69) is 49.7 Å². The van der Waals surface area contributed by atoms with Gasteiger partial charge < -0.3 is 5.32 Å². The molecule has 3 aliphatic heterocycles. The summed E-state index contributed by atoms with van der Waals surface area (Å²) >= 11 is 0. The molecule has 3 aliphatic rings. The topological polar surface area (TPSA) is 18.5 Å². The summed E-state index contributed by atoms with van der Waals surface area (Å²) in [6, 6.07) is 0. The molecule has 1 unspecified atom stereocenters. The van der Waals surface area contributed by atoms with Crippen molar-refractivity contribution in [3.05, 3.63) is 0 Å². The summed E-state index contributed by atoms with van der Waals surface area (Å²) in [7, 11) is 0. The molecule has 21 heavy (non-hydrogen) atoms. The number of piperidine rings is 1. The second kappa shape index (κ2) is 5.21. The summed E-state index contributed by atoms with van der Waals surface area (Å²) in [5.41, 5.74) is 1.37. The van der Waals surface area contributed by atoms with Gasteiger partial charge in [-0.05, 0) is 66.3 Å². The van der Waals surface area contributed by atoms with Crippen LogP contribution < -0.4 is 5.32 Å². The van der Waals surface area contributed by atoms with Crippen LogP contribution in [0.4, 0.5) is 0 Å². The van der Waals surface area contributed by atoms with Gasteiger partial charge in [0.1, 0.15) is 0 Å². The summed E-state index contributed by atoms with van der Waals surface area (Å²) in [5.74, 6) is 0.879. The first-order valence-corrected chi connectivity index (χ1v) is 8.91. The van der Waals surface area contributed by atoms with Crippen LogP contribution in [0.25, 0.3) is 0 Å². The first kappa shape index (κ1) is 15.8. The highest BCUT2D eigenvalue weighted by molar-refractivity contribution is 5.08. The standard InChI is InChI=1S/C18H35N3/c1-16(2,3)20-8-6-7-15(10-20)9-17(4,5)21-13-18(14-21)11-19-12-18/h15,19H,6-14H2,1-5H3. The van der Waals surface area contributed by atoms with Gasteiger partial charge in [0.05, 0.1) is 0 Å². The molecule has 0 aromatic heterocycles. The average Bonchev–Trinajstić information content (AvgIpc) is 2.23. The van der Waals surface area contributed by atoms with Crippen LogP contribution in [0.15, 0.2) is 0 Å². The third kappa shape index (κ3) is 3.16. The molecular weight excluding hydrogens is 258 g/mol. The summed E-state index contributed by atoms with van der Waals surface area (Å²) < 4.78 is 0. The fraction of sp³-hybridized carbons (Fsp3) is 1.00. The normalized spacial score (nSPS) is 31.0. The van der Waals surface area contributed by atoms with E-state index in [0.29, 0.717) is 16.5 Å². The quantitative estimate of drug-likeness (QED) is 0.863. The van der Waals surface area contributed by atoms with Gasteiger partial charge in [-0.15, -0.1) is 0 Å². The van der Waals surface area contributed by atoms with Gasteiger partial charge in [0.2, 0.25) is 0 Å². The van der Waals surface area contributed by atoms with Crippen molar-refractivity contribution in [1.82, 2.24) is 15.1 Å². The molecule has 3 rings (SSSR count). The van der Waals surface area contributed by atoms with Crippen LogP contribution in [-0.4, -0.2) is 60.1 Å². The molecule has 1 N–H and O–H groups in total. The molecule has 3 fully saturated rings. The Balaban J connectivity index is 1.53. The van der Waals surface area contributed by atoms with Crippen LogP contribution in [0.1, 0.15) is 53.9 Å². The highest BCUT2D eigenvalue weighted by Gasteiger charge is 2.51. The fourth-order valence-electron chi connectivity index (χ4n) is 4.57. The Morgan fingerprint density at radius 1 is 1.05 bits per heavy atom. The lowest BCUT2D eigenvalue weighted by molar-refractivity contribution is -0.102. The summed E-state index contributed by atoms with van der Waals surface area (Å²) in [4.78, 5) is 5.44. The van der Waals surface area contributed by atoms with Crippen molar-refractivity contribution in [2.75, 3.05) is 39.3 Å². The lowest BCUT2D eigenvalue weighted by Crippen LogP contribution is -2.74. The lowest BCUT2D eigenvalue weighted by Gasteiger charge is -2.61. The molecule has 0 saturated carbocycles. The molecule has 3 saturated heterocycles. The molecule has 3 nitrogen and oxygen atoms in total. The van der Waals surface area contributed by atoms with E-state index in [0.717, 1.165) is 5.92 Å². The molecule has 0 amide bonds.